The maximum absolute atomic E-state index is 2.48. The molecule has 0 aromatic heterocycles. The zero-order valence-electron chi connectivity index (χ0n) is 17.0. The number of thioether (sulfide) groups is 2. The molecule has 1 aliphatic carbocycles. The molecule has 3 rings (SSSR count). The van der Waals surface area contributed by atoms with Crippen molar-refractivity contribution in [2.75, 3.05) is 11.5 Å². The SMILES string of the molecule is CCCCCc1ccc([C@@H]2CC[C@@H](CCCCC)CC23SCCS3)cc1. The van der Waals surface area contributed by atoms with E-state index in [1.165, 1.54) is 87.7 Å². The third kappa shape index (κ3) is 5.25. The van der Waals surface area contributed by atoms with Crippen molar-refractivity contribution in [1.29, 1.82) is 0 Å². The number of rotatable bonds is 9. The molecular formula is C24H38S2. The lowest BCUT2D eigenvalue weighted by Gasteiger charge is -2.44. The van der Waals surface area contributed by atoms with Crippen LogP contribution in [0.25, 0.3) is 0 Å². The lowest BCUT2D eigenvalue weighted by molar-refractivity contribution is 0.297. The second-order valence-corrected chi connectivity index (χ2v) is 11.5. The largest absolute Gasteiger partial charge is 0.143 e. The van der Waals surface area contributed by atoms with E-state index in [2.05, 4.69) is 61.6 Å². The molecule has 0 nitrogen and oxygen atoms in total. The summed E-state index contributed by atoms with van der Waals surface area (Å²) in [5.41, 5.74) is 3.16. The molecule has 1 saturated heterocycles. The Kier molecular flexibility index (Phi) is 8.31. The molecule has 2 aliphatic rings. The van der Waals surface area contributed by atoms with Crippen LogP contribution in [0.4, 0.5) is 0 Å². The zero-order chi connectivity index (χ0) is 18.2. The molecule has 2 heteroatoms. The summed E-state index contributed by atoms with van der Waals surface area (Å²) in [4.78, 5) is 0. The number of benzene rings is 1. The predicted molar refractivity (Wildman–Crippen MR) is 122 cm³/mol. The van der Waals surface area contributed by atoms with E-state index in [9.17, 15) is 0 Å². The Balaban J connectivity index is 1.64. The first-order chi connectivity index (χ1) is 12.8. The van der Waals surface area contributed by atoms with Gasteiger partial charge in [0.15, 0.2) is 0 Å². The molecule has 0 radical (unpaired) electrons. The van der Waals surface area contributed by atoms with Gasteiger partial charge in [0.25, 0.3) is 0 Å². The summed E-state index contributed by atoms with van der Waals surface area (Å²) in [5.74, 6) is 4.46. The topological polar surface area (TPSA) is 0 Å². The van der Waals surface area contributed by atoms with E-state index in [1.807, 2.05) is 0 Å². The Bertz CT molecular complexity index is 516. The van der Waals surface area contributed by atoms with Gasteiger partial charge in [-0.2, -0.15) is 0 Å². The minimum Gasteiger partial charge on any atom is -0.143 e. The highest BCUT2D eigenvalue weighted by atomic mass is 32.2. The van der Waals surface area contributed by atoms with Crippen LogP contribution in [0.15, 0.2) is 24.3 Å². The molecule has 0 amide bonds. The van der Waals surface area contributed by atoms with E-state index in [0.29, 0.717) is 4.08 Å². The van der Waals surface area contributed by atoms with Crippen molar-refractivity contribution in [3.05, 3.63) is 35.4 Å². The van der Waals surface area contributed by atoms with Gasteiger partial charge < -0.3 is 0 Å². The normalized spacial score (nSPS) is 25.0. The van der Waals surface area contributed by atoms with Crippen molar-refractivity contribution < 1.29 is 0 Å². The van der Waals surface area contributed by atoms with E-state index in [4.69, 9.17) is 0 Å². The van der Waals surface area contributed by atoms with Crippen LogP contribution in [0.1, 0.15) is 95.1 Å². The Morgan fingerprint density at radius 1 is 0.885 bits per heavy atom. The van der Waals surface area contributed by atoms with Gasteiger partial charge in [0.2, 0.25) is 0 Å². The van der Waals surface area contributed by atoms with E-state index in [-0.39, 0.29) is 0 Å². The molecule has 0 N–H and O–H groups in total. The number of hydrogen-bond donors (Lipinski definition) is 0. The molecule has 1 heterocycles. The summed E-state index contributed by atoms with van der Waals surface area (Å²) in [6.45, 7) is 4.62. The third-order valence-electron chi connectivity index (χ3n) is 6.41. The third-order valence-corrected chi connectivity index (χ3v) is 10.1. The van der Waals surface area contributed by atoms with E-state index in [1.54, 1.807) is 5.56 Å². The lowest BCUT2D eigenvalue weighted by atomic mass is 9.76. The summed E-state index contributed by atoms with van der Waals surface area (Å²) < 4.78 is 0.485. The lowest BCUT2D eigenvalue weighted by Crippen LogP contribution is -2.35. The second kappa shape index (κ2) is 10.5. The molecule has 1 aromatic carbocycles. The van der Waals surface area contributed by atoms with Gasteiger partial charge in [-0.25, -0.2) is 0 Å². The van der Waals surface area contributed by atoms with Gasteiger partial charge in [0.1, 0.15) is 0 Å². The molecule has 1 saturated carbocycles. The van der Waals surface area contributed by atoms with E-state index in [0.717, 1.165) is 11.8 Å². The smallest absolute Gasteiger partial charge is 0.0682 e. The summed E-state index contributed by atoms with van der Waals surface area (Å²) in [5, 5.41) is 0. The average molecular weight is 391 g/mol. The number of hydrogen-bond acceptors (Lipinski definition) is 2. The fraction of sp³-hybridized carbons (Fsp3) is 0.750. The van der Waals surface area contributed by atoms with Crippen molar-refractivity contribution >= 4 is 23.5 Å². The summed E-state index contributed by atoms with van der Waals surface area (Å²) >= 11 is 4.59. The summed E-state index contributed by atoms with van der Waals surface area (Å²) in [6.07, 6.45) is 15.3. The van der Waals surface area contributed by atoms with Crippen molar-refractivity contribution in [3.63, 3.8) is 0 Å². The quantitative estimate of drug-likeness (QED) is 0.391. The Morgan fingerprint density at radius 3 is 2.27 bits per heavy atom. The van der Waals surface area contributed by atoms with Gasteiger partial charge in [0, 0.05) is 17.4 Å². The predicted octanol–water partition coefficient (Wildman–Crippen LogP) is 8.06. The van der Waals surface area contributed by atoms with Crippen molar-refractivity contribution in [1.82, 2.24) is 0 Å². The first-order valence-electron chi connectivity index (χ1n) is 11.1. The first kappa shape index (κ1) is 20.6. The van der Waals surface area contributed by atoms with Crippen molar-refractivity contribution in [2.45, 2.75) is 94.5 Å². The number of aryl methyl sites for hydroxylation is 1. The highest BCUT2D eigenvalue weighted by Crippen LogP contribution is 2.61. The molecule has 0 bridgehead atoms. The Hall–Kier alpha value is -0.0800. The van der Waals surface area contributed by atoms with Gasteiger partial charge in [0.05, 0.1) is 4.08 Å². The van der Waals surface area contributed by atoms with Crippen molar-refractivity contribution in [3.8, 4) is 0 Å². The summed E-state index contributed by atoms with van der Waals surface area (Å²) in [7, 11) is 0. The molecule has 1 aliphatic heterocycles. The number of unbranched alkanes of at least 4 members (excludes halogenated alkanes) is 4. The maximum Gasteiger partial charge on any atom is 0.0682 e. The first-order valence-corrected chi connectivity index (χ1v) is 13.1. The van der Waals surface area contributed by atoms with Gasteiger partial charge >= 0.3 is 0 Å². The van der Waals surface area contributed by atoms with Crippen LogP contribution in [0.2, 0.25) is 0 Å². The van der Waals surface area contributed by atoms with Crippen LogP contribution in [0, 0.1) is 5.92 Å². The molecule has 1 aromatic rings. The molecule has 2 atom stereocenters. The Morgan fingerprint density at radius 2 is 1.58 bits per heavy atom. The van der Waals surface area contributed by atoms with E-state index < -0.39 is 0 Å². The highest BCUT2D eigenvalue weighted by Gasteiger charge is 2.47. The van der Waals surface area contributed by atoms with Gasteiger partial charge in [-0.15, -0.1) is 23.5 Å². The minimum atomic E-state index is 0.485. The van der Waals surface area contributed by atoms with Gasteiger partial charge in [-0.3, -0.25) is 0 Å². The molecule has 26 heavy (non-hydrogen) atoms. The zero-order valence-corrected chi connectivity index (χ0v) is 18.6. The van der Waals surface area contributed by atoms with Crippen LogP contribution < -0.4 is 0 Å². The van der Waals surface area contributed by atoms with Gasteiger partial charge in [-0.1, -0.05) is 76.6 Å². The Labute approximate surface area is 170 Å². The summed E-state index contributed by atoms with van der Waals surface area (Å²) in [6, 6.07) is 9.81. The fourth-order valence-electron chi connectivity index (χ4n) is 4.90. The fourth-order valence-corrected chi connectivity index (χ4v) is 8.71. The van der Waals surface area contributed by atoms with Crippen LogP contribution >= 0.6 is 23.5 Å². The maximum atomic E-state index is 2.48. The van der Waals surface area contributed by atoms with E-state index >= 15 is 0 Å². The molecular weight excluding hydrogens is 352 g/mol. The van der Waals surface area contributed by atoms with Crippen LogP contribution in [0.3, 0.4) is 0 Å². The van der Waals surface area contributed by atoms with Crippen LogP contribution in [-0.2, 0) is 6.42 Å². The molecule has 1 spiro atoms. The standard InChI is InChI=1S/C24H38S2/c1-3-5-7-9-20-11-14-22(15-12-20)23-16-13-21(10-8-6-4-2)19-24(23)25-17-18-26-24/h11-12,14-15,21,23H,3-10,13,16-19H2,1-2H3/t21-,23+/m1/s1. The monoisotopic (exact) mass is 390 g/mol. The second-order valence-electron chi connectivity index (χ2n) is 8.40. The molecule has 146 valence electrons. The van der Waals surface area contributed by atoms with Crippen molar-refractivity contribution in [2.24, 2.45) is 5.92 Å². The average Bonchev–Trinajstić information content (AvgIpc) is 3.12. The molecule has 0 unspecified atom stereocenters. The van der Waals surface area contributed by atoms with Gasteiger partial charge in [-0.05, 0) is 49.1 Å². The minimum absolute atomic E-state index is 0.485. The van der Waals surface area contributed by atoms with Crippen LogP contribution in [-0.4, -0.2) is 15.6 Å². The molecule has 2 fully saturated rings. The van der Waals surface area contributed by atoms with Crippen LogP contribution in [0.5, 0.6) is 0 Å². The highest BCUT2D eigenvalue weighted by molar-refractivity contribution is 8.21.